The number of rotatable bonds is 3. The molecule has 0 saturated carbocycles. The predicted octanol–water partition coefficient (Wildman–Crippen LogP) is 7.13. The monoisotopic (exact) mass is 391 g/mol. The lowest BCUT2D eigenvalue weighted by Gasteiger charge is -2.24. The quantitative estimate of drug-likeness (QED) is 0.363. The van der Waals surface area contributed by atoms with Gasteiger partial charge < -0.3 is 0 Å². The Labute approximate surface area is 167 Å². The lowest BCUT2D eigenvalue weighted by Crippen LogP contribution is -2.26. The van der Waals surface area contributed by atoms with Crippen LogP contribution >= 0.6 is 23.2 Å². The molecule has 27 heavy (non-hydrogen) atoms. The van der Waals surface area contributed by atoms with Crippen molar-refractivity contribution in [3.8, 4) is 0 Å². The number of hydrogen-bond acceptors (Lipinski definition) is 1. The van der Waals surface area contributed by atoms with Crippen LogP contribution in [-0.2, 0) is 0 Å². The van der Waals surface area contributed by atoms with Crippen molar-refractivity contribution in [1.29, 1.82) is 0 Å². The zero-order chi connectivity index (χ0) is 18.8. The summed E-state index contributed by atoms with van der Waals surface area (Å²) in [7, 11) is 0. The first-order valence-corrected chi connectivity index (χ1v) is 9.22. The summed E-state index contributed by atoms with van der Waals surface area (Å²) in [5, 5.41) is 3.00. The summed E-state index contributed by atoms with van der Waals surface area (Å²) in [6, 6.07) is 28.4. The van der Waals surface area contributed by atoms with Gasteiger partial charge in [-0.3, -0.25) is 9.69 Å². The number of carbonyl (C=O) groups excluding carboxylic acids is 1. The summed E-state index contributed by atoms with van der Waals surface area (Å²) in [4.78, 5) is 15.1. The lowest BCUT2D eigenvalue weighted by atomic mass is 10.1. The van der Waals surface area contributed by atoms with Gasteiger partial charge in [-0.2, -0.15) is 0 Å². The number of benzene rings is 4. The fourth-order valence-corrected chi connectivity index (χ4v) is 3.55. The van der Waals surface area contributed by atoms with Crippen molar-refractivity contribution in [2.75, 3.05) is 4.90 Å². The van der Waals surface area contributed by atoms with Crippen molar-refractivity contribution >= 4 is 51.3 Å². The van der Waals surface area contributed by atoms with Crippen molar-refractivity contribution in [3.63, 3.8) is 0 Å². The average Bonchev–Trinajstić information content (AvgIpc) is 2.69. The van der Waals surface area contributed by atoms with E-state index in [9.17, 15) is 4.79 Å². The molecule has 0 aliphatic rings. The highest BCUT2D eigenvalue weighted by molar-refractivity contribution is 6.37. The van der Waals surface area contributed by atoms with Crippen LogP contribution in [0.25, 0.3) is 10.8 Å². The molecule has 0 aromatic heterocycles. The fraction of sp³-hybridized carbons (Fsp3) is 0. The van der Waals surface area contributed by atoms with Crippen LogP contribution in [0.4, 0.5) is 11.4 Å². The second-order valence-electron chi connectivity index (χ2n) is 6.13. The van der Waals surface area contributed by atoms with Crippen molar-refractivity contribution in [2.45, 2.75) is 0 Å². The van der Waals surface area contributed by atoms with Gasteiger partial charge in [-0.25, -0.2) is 0 Å². The van der Waals surface area contributed by atoms with Gasteiger partial charge in [-0.05, 0) is 53.2 Å². The van der Waals surface area contributed by atoms with Crippen LogP contribution in [0.3, 0.4) is 0 Å². The van der Waals surface area contributed by atoms with Crippen LogP contribution in [-0.4, -0.2) is 5.91 Å². The highest BCUT2D eigenvalue weighted by Crippen LogP contribution is 2.32. The molecular formula is C23H15Cl2NO. The Morgan fingerprint density at radius 1 is 0.667 bits per heavy atom. The minimum absolute atomic E-state index is 0.210. The second-order valence-corrected chi connectivity index (χ2v) is 6.98. The van der Waals surface area contributed by atoms with Crippen molar-refractivity contribution in [2.24, 2.45) is 0 Å². The molecule has 0 fully saturated rings. The average molecular weight is 392 g/mol. The maximum absolute atomic E-state index is 13.4. The number of anilines is 2. The maximum atomic E-state index is 13.4. The smallest absolute Gasteiger partial charge is 0.264 e. The lowest BCUT2D eigenvalue weighted by molar-refractivity contribution is 0.0999. The van der Waals surface area contributed by atoms with Crippen LogP contribution in [0.15, 0.2) is 91.0 Å². The first-order valence-electron chi connectivity index (χ1n) is 8.47. The fourth-order valence-electron chi connectivity index (χ4n) is 3.06. The zero-order valence-electron chi connectivity index (χ0n) is 14.3. The van der Waals surface area contributed by atoms with Gasteiger partial charge in [0.05, 0.1) is 10.6 Å². The third kappa shape index (κ3) is 3.55. The third-order valence-electron chi connectivity index (χ3n) is 4.37. The molecular weight excluding hydrogens is 377 g/mol. The number of nitrogens with zero attached hydrogens (tertiary/aromatic N) is 1. The molecule has 0 spiro atoms. The molecule has 4 aromatic carbocycles. The minimum atomic E-state index is -0.210. The Morgan fingerprint density at radius 3 is 2.11 bits per heavy atom. The van der Waals surface area contributed by atoms with E-state index in [0.717, 1.165) is 22.1 Å². The molecule has 0 aliphatic heterocycles. The first kappa shape index (κ1) is 17.6. The third-order valence-corrected chi connectivity index (χ3v) is 4.92. The maximum Gasteiger partial charge on any atom is 0.264 e. The molecule has 4 rings (SSSR count). The van der Waals surface area contributed by atoms with Crippen LogP contribution in [0.5, 0.6) is 0 Å². The molecule has 4 aromatic rings. The van der Waals surface area contributed by atoms with Gasteiger partial charge in [-0.1, -0.05) is 71.7 Å². The highest BCUT2D eigenvalue weighted by Gasteiger charge is 2.22. The number of carbonyl (C=O) groups is 1. The number of para-hydroxylation sites is 1. The Bertz CT molecular complexity index is 1130. The van der Waals surface area contributed by atoms with Gasteiger partial charge >= 0.3 is 0 Å². The molecule has 0 unspecified atom stereocenters. The molecule has 0 radical (unpaired) electrons. The van der Waals surface area contributed by atoms with E-state index >= 15 is 0 Å². The molecule has 4 heteroatoms. The summed E-state index contributed by atoms with van der Waals surface area (Å²) >= 11 is 12.3. The zero-order valence-corrected chi connectivity index (χ0v) is 15.8. The molecule has 0 saturated heterocycles. The Kier molecular flexibility index (Phi) is 4.85. The summed E-state index contributed by atoms with van der Waals surface area (Å²) in [5.74, 6) is -0.210. The van der Waals surface area contributed by atoms with Gasteiger partial charge in [0, 0.05) is 16.4 Å². The Hall–Kier alpha value is -2.81. The van der Waals surface area contributed by atoms with Gasteiger partial charge in [-0.15, -0.1) is 0 Å². The second kappa shape index (κ2) is 7.43. The number of halogens is 2. The van der Waals surface area contributed by atoms with Gasteiger partial charge in [0.15, 0.2) is 0 Å². The summed E-state index contributed by atoms with van der Waals surface area (Å²) in [6.07, 6.45) is 0. The van der Waals surface area contributed by atoms with E-state index in [2.05, 4.69) is 0 Å². The minimum Gasteiger partial charge on any atom is -0.277 e. The normalized spacial score (nSPS) is 10.7. The molecule has 0 aliphatic carbocycles. The SMILES string of the molecule is O=C(c1ccc(Cl)cc1Cl)N(c1ccccc1)c1ccc2ccccc2c1. The first-order chi connectivity index (χ1) is 13.1. The van der Waals surface area contributed by atoms with E-state index in [4.69, 9.17) is 23.2 Å². The van der Waals surface area contributed by atoms with Gasteiger partial charge in [0.2, 0.25) is 0 Å². The Balaban J connectivity index is 1.87. The number of fused-ring (bicyclic) bond motifs is 1. The van der Waals surface area contributed by atoms with Crippen molar-refractivity contribution < 1.29 is 4.79 Å². The number of amides is 1. The highest BCUT2D eigenvalue weighted by atomic mass is 35.5. The molecule has 0 atom stereocenters. The van der Waals surface area contributed by atoms with E-state index in [1.54, 1.807) is 23.1 Å². The molecule has 0 heterocycles. The summed E-state index contributed by atoms with van der Waals surface area (Å²) in [5.41, 5.74) is 1.94. The molecule has 0 bridgehead atoms. The van der Waals surface area contributed by atoms with E-state index in [1.165, 1.54) is 0 Å². The van der Waals surface area contributed by atoms with Crippen LogP contribution in [0, 0.1) is 0 Å². The largest absolute Gasteiger partial charge is 0.277 e. The summed E-state index contributed by atoms with van der Waals surface area (Å²) < 4.78 is 0. The van der Waals surface area contributed by atoms with Crippen LogP contribution in [0.1, 0.15) is 10.4 Å². The van der Waals surface area contributed by atoms with Crippen molar-refractivity contribution in [3.05, 3.63) is 107 Å². The van der Waals surface area contributed by atoms with Crippen LogP contribution in [0.2, 0.25) is 10.0 Å². The van der Waals surface area contributed by atoms with E-state index < -0.39 is 0 Å². The molecule has 2 nitrogen and oxygen atoms in total. The van der Waals surface area contributed by atoms with E-state index in [1.807, 2.05) is 72.8 Å². The molecule has 0 N–H and O–H groups in total. The molecule has 1 amide bonds. The Morgan fingerprint density at radius 2 is 1.37 bits per heavy atom. The van der Waals surface area contributed by atoms with Gasteiger partial charge in [0.25, 0.3) is 5.91 Å². The van der Waals surface area contributed by atoms with E-state index in [-0.39, 0.29) is 5.91 Å². The topological polar surface area (TPSA) is 20.3 Å². The van der Waals surface area contributed by atoms with Gasteiger partial charge in [0.1, 0.15) is 0 Å². The van der Waals surface area contributed by atoms with Crippen molar-refractivity contribution in [1.82, 2.24) is 0 Å². The predicted molar refractivity (Wildman–Crippen MR) is 113 cm³/mol. The standard InChI is InChI=1S/C23H15Cl2NO/c24-18-11-13-21(22(25)15-18)23(27)26(19-8-2-1-3-9-19)20-12-10-16-6-4-5-7-17(16)14-20/h1-15H. The summed E-state index contributed by atoms with van der Waals surface area (Å²) in [6.45, 7) is 0. The van der Waals surface area contributed by atoms with Crippen LogP contribution < -0.4 is 4.90 Å². The molecule has 132 valence electrons. The van der Waals surface area contributed by atoms with E-state index in [0.29, 0.717) is 15.6 Å². The number of hydrogen-bond donors (Lipinski definition) is 0.